The van der Waals surface area contributed by atoms with Crippen molar-refractivity contribution < 1.29 is 4.74 Å². The van der Waals surface area contributed by atoms with Crippen LogP contribution in [0.1, 0.15) is 52.4 Å². The van der Waals surface area contributed by atoms with Gasteiger partial charge in [-0.3, -0.25) is 0 Å². The predicted octanol–water partition coefficient (Wildman–Crippen LogP) is 3.01. The zero-order valence-electron chi connectivity index (χ0n) is 13.1. The van der Waals surface area contributed by atoms with E-state index in [1.54, 1.807) is 6.33 Å². The summed E-state index contributed by atoms with van der Waals surface area (Å²) in [5.74, 6) is 2.20. The third kappa shape index (κ3) is 2.92. The number of aromatic nitrogens is 2. The summed E-state index contributed by atoms with van der Waals surface area (Å²) in [6.07, 6.45) is 9.52. The zero-order chi connectivity index (χ0) is 14.8. The van der Waals surface area contributed by atoms with Crippen LogP contribution in [0.3, 0.4) is 0 Å². The number of anilines is 2. The van der Waals surface area contributed by atoms with Crippen LogP contribution in [0, 0.1) is 5.92 Å². The highest BCUT2D eigenvalue weighted by Gasteiger charge is 2.35. The summed E-state index contributed by atoms with van der Waals surface area (Å²) in [5, 5.41) is 0. The molecule has 2 unspecified atom stereocenters. The van der Waals surface area contributed by atoms with Gasteiger partial charge in [-0.15, -0.1) is 0 Å². The molecular formula is C16H26N4O. The van der Waals surface area contributed by atoms with Gasteiger partial charge in [0.05, 0.1) is 6.10 Å². The Morgan fingerprint density at radius 1 is 1.19 bits per heavy atom. The minimum atomic E-state index is 0.0684. The maximum atomic E-state index is 6.29. The van der Waals surface area contributed by atoms with Crippen molar-refractivity contribution in [3.63, 3.8) is 0 Å². The van der Waals surface area contributed by atoms with Crippen LogP contribution in [0.25, 0.3) is 0 Å². The fourth-order valence-electron chi connectivity index (χ4n) is 3.80. The topological polar surface area (TPSA) is 64.3 Å². The number of fused-ring (bicyclic) bond motifs is 1. The van der Waals surface area contributed by atoms with E-state index in [-0.39, 0.29) is 6.10 Å². The Morgan fingerprint density at radius 2 is 1.95 bits per heavy atom. The van der Waals surface area contributed by atoms with Gasteiger partial charge in [0.1, 0.15) is 12.0 Å². The van der Waals surface area contributed by atoms with Gasteiger partial charge in [0.2, 0.25) is 5.88 Å². The molecule has 5 nitrogen and oxygen atoms in total. The van der Waals surface area contributed by atoms with Crippen molar-refractivity contribution in [2.24, 2.45) is 5.92 Å². The number of nitrogens with two attached hydrogens (primary N) is 1. The van der Waals surface area contributed by atoms with Gasteiger partial charge in [-0.2, -0.15) is 4.98 Å². The Labute approximate surface area is 126 Å². The van der Waals surface area contributed by atoms with Gasteiger partial charge in [0.15, 0.2) is 5.82 Å². The summed E-state index contributed by atoms with van der Waals surface area (Å²) in [5.41, 5.74) is 6.89. The van der Waals surface area contributed by atoms with Crippen LogP contribution in [0.4, 0.5) is 11.5 Å². The van der Waals surface area contributed by atoms with Crippen LogP contribution in [0.2, 0.25) is 0 Å². The summed E-state index contributed by atoms with van der Waals surface area (Å²) in [6.45, 7) is 5.02. The van der Waals surface area contributed by atoms with Crippen LogP contribution in [0.15, 0.2) is 6.33 Å². The lowest BCUT2D eigenvalue weighted by Gasteiger charge is -2.45. The normalized spacial score (nSPS) is 25.8. The molecule has 1 aliphatic carbocycles. The molecule has 116 valence electrons. The first-order valence-electron chi connectivity index (χ1n) is 8.20. The van der Waals surface area contributed by atoms with E-state index < -0.39 is 0 Å². The van der Waals surface area contributed by atoms with Crippen LogP contribution >= 0.6 is 0 Å². The van der Waals surface area contributed by atoms with E-state index >= 15 is 0 Å². The molecule has 1 saturated carbocycles. The maximum Gasteiger partial charge on any atom is 0.242 e. The molecule has 0 aromatic carbocycles. The van der Waals surface area contributed by atoms with E-state index in [2.05, 4.69) is 14.9 Å². The monoisotopic (exact) mass is 290 g/mol. The molecule has 2 aliphatic rings. The maximum absolute atomic E-state index is 6.29. The Morgan fingerprint density at radius 3 is 2.76 bits per heavy atom. The first-order valence-corrected chi connectivity index (χ1v) is 8.20. The van der Waals surface area contributed by atoms with Crippen molar-refractivity contribution in [2.75, 3.05) is 17.2 Å². The summed E-state index contributed by atoms with van der Waals surface area (Å²) >= 11 is 0. The lowest BCUT2D eigenvalue weighted by molar-refractivity contribution is 0.231. The average Bonchev–Trinajstić information content (AvgIpc) is 2.49. The number of rotatable bonds is 3. The lowest BCUT2D eigenvalue weighted by atomic mass is 9.78. The van der Waals surface area contributed by atoms with Crippen LogP contribution in [-0.2, 0) is 0 Å². The van der Waals surface area contributed by atoms with Crippen molar-refractivity contribution in [3.05, 3.63) is 6.33 Å². The molecule has 0 spiro atoms. The van der Waals surface area contributed by atoms with E-state index in [9.17, 15) is 0 Å². The first-order chi connectivity index (χ1) is 10.2. The fourth-order valence-corrected chi connectivity index (χ4v) is 3.80. The summed E-state index contributed by atoms with van der Waals surface area (Å²) in [4.78, 5) is 11.1. The Kier molecular flexibility index (Phi) is 4.17. The van der Waals surface area contributed by atoms with Crippen molar-refractivity contribution in [2.45, 2.75) is 64.5 Å². The number of ether oxygens (including phenoxy) is 1. The van der Waals surface area contributed by atoms with Crippen LogP contribution in [-0.4, -0.2) is 28.7 Å². The molecule has 0 amide bonds. The highest BCUT2D eigenvalue weighted by atomic mass is 16.5. The largest absolute Gasteiger partial charge is 0.473 e. The SMILES string of the molecule is CC(C)Oc1ncnc(N2CCCC3CCCCC32)c1N. The van der Waals surface area contributed by atoms with Gasteiger partial charge in [-0.25, -0.2) is 4.98 Å². The van der Waals surface area contributed by atoms with Gasteiger partial charge in [-0.05, 0) is 45.4 Å². The minimum absolute atomic E-state index is 0.0684. The van der Waals surface area contributed by atoms with Gasteiger partial charge in [0.25, 0.3) is 0 Å². The summed E-state index contributed by atoms with van der Waals surface area (Å²) in [6, 6.07) is 0.594. The number of hydrogen-bond acceptors (Lipinski definition) is 5. The quantitative estimate of drug-likeness (QED) is 0.927. The number of piperidine rings is 1. The predicted molar refractivity (Wildman–Crippen MR) is 84.5 cm³/mol. The Bertz CT molecular complexity index is 489. The average molecular weight is 290 g/mol. The van der Waals surface area contributed by atoms with E-state index in [0.717, 1.165) is 18.3 Å². The van der Waals surface area contributed by atoms with E-state index in [1.165, 1.54) is 38.5 Å². The van der Waals surface area contributed by atoms with Gasteiger partial charge >= 0.3 is 0 Å². The zero-order valence-corrected chi connectivity index (χ0v) is 13.1. The Balaban J connectivity index is 1.88. The molecule has 1 saturated heterocycles. The second kappa shape index (κ2) is 6.08. The number of nitrogen functional groups attached to an aromatic ring is 1. The van der Waals surface area contributed by atoms with Gasteiger partial charge in [0, 0.05) is 12.6 Å². The molecule has 21 heavy (non-hydrogen) atoms. The minimum Gasteiger partial charge on any atom is -0.473 e. The Hall–Kier alpha value is -1.52. The molecule has 2 heterocycles. The molecule has 0 bridgehead atoms. The molecule has 0 radical (unpaired) electrons. The molecule has 1 aromatic heterocycles. The summed E-state index contributed by atoms with van der Waals surface area (Å²) < 4.78 is 5.71. The molecule has 2 N–H and O–H groups in total. The molecule has 2 atom stereocenters. The second-order valence-corrected chi connectivity index (χ2v) is 6.53. The highest BCUT2D eigenvalue weighted by molar-refractivity contribution is 5.68. The lowest BCUT2D eigenvalue weighted by Crippen LogP contribution is -2.47. The summed E-state index contributed by atoms with van der Waals surface area (Å²) in [7, 11) is 0. The number of hydrogen-bond donors (Lipinski definition) is 1. The van der Waals surface area contributed by atoms with E-state index in [4.69, 9.17) is 10.5 Å². The molecule has 2 fully saturated rings. The van der Waals surface area contributed by atoms with Crippen LogP contribution < -0.4 is 15.4 Å². The van der Waals surface area contributed by atoms with Crippen LogP contribution in [0.5, 0.6) is 5.88 Å². The van der Waals surface area contributed by atoms with Gasteiger partial charge in [-0.1, -0.05) is 12.8 Å². The van der Waals surface area contributed by atoms with Crippen molar-refractivity contribution >= 4 is 11.5 Å². The van der Waals surface area contributed by atoms with E-state index in [0.29, 0.717) is 17.6 Å². The third-order valence-electron chi connectivity index (χ3n) is 4.69. The third-order valence-corrected chi connectivity index (χ3v) is 4.69. The highest BCUT2D eigenvalue weighted by Crippen LogP contribution is 2.40. The van der Waals surface area contributed by atoms with E-state index in [1.807, 2.05) is 13.8 Å². The smallest absolute Gasteiger partial charge is 0.242 e. The molecular weight excluding hydrogens is 264 g/mol. The first kappa shape index (κ1) is 14.4. The molecule has 1 aliphatic heterocycles. The van der Waals surface area contributed by atoms with Gasteiger partial charge < -0.3 is 15.4 Å². The van der Waals surface area contributed by atoms with Crippen molar-refractivity contribution in [1.82, 2.24) is 9.97 Å². The fraction of sp³-hybridized carbons (Fsp3) is 0.750. The number of nitrogens with zero attached hydrogens (tertiary/aromatic N) is 3. The molecule has 3 rings (SSSR count). The molecule has 1 aromatic rings. The van der Waals surface area contributed by atoms with Crippen molar-refractivity contribution in [3.8, 4) is 5.88 Å². The standard InChI is InChI=1S/C16H26N4O/c1-11(2)21-16-14(17)15(18-10-19-16)20-9-5-7-12-6-3-4-8-13(12)20/h10-13H,3-9,17H2,1-2H3. The van der Waals surface area contributed by atoms with Crippen molar-refractivity contribution in [1.29, 1.82) is 0 Å². The molecule has 5 heteroatoms. The second-order valence-electron chi connectivity index (χ2n) is 6.53.